The Morgan fingerprint density at radius 3 is 2.59 bits per heavy atom. The van der Waals surface area contributed by atoms with Crippen molar-refractivity contribution in [2.75, 3.05) is 5.32 Å². The van der Waals surface area contributed by atoms with E-state index in [1.807, 2.05) is 60.3 Å². The van der Waals surface area contributed by atoms with Gasteiger partial charge in [-0.05, 0) is 23.8 Å². The zero-order valence-corrected chi connectivity index (χ0v) is 17.2. The SMILES string of the molecule is Cn1cc(CC(=O)Nc2cc(C(C)(C)C)nn2-c2ccccn2)c2ccccc21. The molecule has 0 saturated carbocycles. The molecule has 6 heteroatoms. The zero-order valence-electron chi connectivity index (χ0n) is 17.2. The minimum absolute atomic E-state index is 0.0844. The number of nitrogens with one attached hydrogen (secondary N) is 1. The van der Waals surface area contributed by atoms with E-state index >= 15 is 0 Å². The first-order chi connectivity index (χ1) is 13.8. The van der Waals surface area contributed by atoms with Crippen molar-refractivity contribution in [1.29, 1.82) is 0 Å². The maximum absolute atomic E-state index is 12.9. The molecule has 29 heavy (non-hydrogen) atoms. The van der Waals surface area contributed by atoms with Crippen LogP contribution in [0.15, 0.2) is 60.9 Å². The average molecular weight is 387 g/mol. The molecule has 4 rings (SSSR count). The van der Waals surface area contributed by atoms with Crippen LogP contribution in [0.5, 0.6) is 0 Å². The minimum Gasteiger partial charge on any atom is -0.350 e. The predicted molar refractivity (Wildman–Crippen MR) is 115 cm³/mol. The largest absolute Gasteiger partial charge is 0.350 e. The first-order valence-corrected chi connectivity index (χ1v) is 9.67. The molecule has 0 saturated heterocycles. The third-order valence-electron chi connectivity index (χ3n) is 4.94. The number of aryl methyl sites for hydroxylation is 1. The number of nitrogens with zero attached hydrogens (tertiary/aromatic N) is 4. The lowest BCUT2D eigenvalue weighted by Gasteiger charge is -2.13. The smallest absolute Gasteiger partial charge is 0.230 e. The van der Waals surface area contributed by atoms with Gasteiger partial charge in [0.05, 0.1) is 12.1 Å². The maximum Gasteiger partial charge on any atom is 0.230 e. The second-order valence-electron chi connectivity index (χ2n) is 8.27. The van der Waals surface area contributed by atoms with Crippen LogP contribution in [0.2, 0.25) is 0 Å². The maximum atomic E-state index is 12.9. The van der Waals surface area contributed by atoms with Crippen LogP contribution in [0.25, 0.3) is 16.7 Å². The lowest BCUT2D eigenvalue weighted by atomic mass is 9.92. The summed E-state index contributed by atoms with van der Waals surface area (Å²) in [5.74, 6) is 1.21. The van der Waals surface area contributed by atoms with Crippen molar-refractivity contribution >= 4 is 22.6 Å². The van der Waals surface area contributed by atoms with Gasteiger partial charge in [0.15, 0.2) is 5.82 Å². The Labute approximate surface area is 170 Å². The molecule has 0 aliphatic heterocycles. The predicted octanol–water partition coefficient (Wildman–Crippen LogP) is 4.24. The summed E-state index contributed by atoms with van der Waals surface area (Å²) >= 11 is 0. The van der Waals surface area contributed by atoms with Crippen molar-refractivity contribution in [2.24, 2.45) is 7.05 Å². The topological polar surface area (TPSA) is 64.7 Å². The molecular formula is C23H25N5O. The number of anilines is 1. The van der Waals surface area contributed by atoms with Gasteiger partial charge in [0, 0.05) is 41.8 Å². The highest BCUT2D eigenvalue weighted by molar-refractivity contribution is 5.95. The van der Waals surface area contributed by atoms with Crippen LogP contribution < -0.4 is 5.32 Å². The zero-order chi connectivity index (χ0) is 20.6. The molecule has 0 spiro atoms. The summed E-state index contributed by atoms with van der Waals surface area (Å²) in [5.41, 5.74) is 2.86. The van der Waals surface area contributed by atoms with Crippen molar-refractivity contribution < 1.29 is 4.79 Å². The average Bonchev–Trinajstić information content (AvgIpc) is 3.25. The van der Waals surface area contributed by atoms with E-state index in [0.29, 0.717) is 18.1 Å². The van der Waals surface area contributed by atoms with Gasteiger partial charge in [-0.15, -0.1) is 0 Å². The quantitative estimate of drug-likeness (QED) is 0.570. The number of carbonyl (C=O) groups is 1. The van der Waals surface area contributed by atoms with Gasteiger partial charge in [0.25, 0.3) is 0 Å². The number of aromatic nitrogens is 4. The molecule has 3 aromatic heterocycles. The van der Waals surface area contributed by atoms with Gasteiger partial charge >= 0.3 is 0 Å². The first-order valence-electron chi connectivity index (χ1n) is 9.67. The second kappa shape index (κ2) is 7.20. The van der Waals surface area contributed by atoms with E-state index < -0.39 is 0 Å². The summed E-state index contributed by atoms with van der Waals surface area (Å²) < 4.78 is 3.75. The standard InChI is InChI=1S/C23H25N5O/c1-23(2,3)19-14-21(28(26-19)20-11-7-8-12-24-20)25-22(29)13-16-15-27(4)18-10-6-5-9-17(16)18/h5-12,14-15H,13H2,1-4H3,(H,25,29). The Bertz CT molecular complexity index is 1170. The number of pyridine rings is 1. The van der Waals surface area contributed by atoms with Crippen LogP contribution in [0.3, 0.4) is 0 Å². The van der Waals surface area contributed by atoms with Crippen LogP contribution in [0.1, 0.15) is 32.0 Å². The molecule has 0 unspecified atom stereocenters. The number of hydrogen-bond donors (Lipinski definition) is 1. The third kappa shape index (κ3) is 3.78. The molecule has 0 aliphatic rings. The Hall–Kier alpha value is -3.41. The van der Waals surface area contributed by atoms with Crippen LogP contribution in [-0.4, -0.2) is 25.2 Å². The summed E-state index contributed by atoms with van der Waals surface area (Å²) in [6.07, 6.45) is 4.02. The molecule has 148 valence electrons. The van der Waals surface area contributed by atoms with E-state index in [1.165, 1.54) is 0 Å². The Morgan fingerprint density at radius 2 is 1.86 bits per heavy atom. The normalized spacial score (nSPS) is 11.7. The molecular weight excluding hydrogens is 362 g/mol. The molecule has 6 nitrogen and oxygen atoms in total. The van der Waals surface area contributed by atoms with Gasteiger partial charge in [-0.2, -0.15) is 9.78 Å². The molecule has 0 fully saturated rings. The Balaban J connectivity index is 1.64. The Morgan fingerprint density at radius 1 is 1.10 bits per heavy atom. The number of rotatable bonds is 4. The van der Waals surface area contributed by atoms with Gasteiger partial charge in [0.2, 0.25) is 5.91 Å². The van der Waals surface area contributed by atoms with E-state index in [2.05, 4.69) is 37.1 Å². The summed E-state index contributed by atoms with van der Waals surface area (Å²) in [5, 5.41) is 8.83. The van der Waals surface area contributed by atoms with E-state index in [0.717, 1.165) is 22.2 Å². The number of fused-ring (bicyclic) bond motifs is 1. The summed E-state index contributed by atoms with van der Waals surface area (Å²) in [6.45, 7) is 6.29. The molecule has 0 radical (unpaired) electrons. The summed E-state index contributed by atoms with van der Waals surface area (Å²) in [7, 11) is 2.00. The van der Waals surface area contributed by atoms with Crippen molar-refractivity contribution in [2.45, 2.75) is 32.6 Å². The highest BCUT2D eigenvalue weighted by Crippen LogP contribution is 2.26. The summed E-state index contributed by atoms with van der Waals surface area (Å²) in [4.78, 5) is 17.3. The Kier molecular flexibility index (Phi) is 4.70. The van der Waals surface area contributed by atoms with E-state index in [-0.39, 0.29) is 11.3 Å². The first kappa shape index (κ1) is 18.9. The molecule has 3 heterocycles. The number of benzene rings is 1. The van der Waals surface area contributed by atoms with Gasteiger partial charge in [-0.3, -0.25) is 4.79 Å². The minimum atomic E-state index is -0.144. The fourth-order valence-electron chi connectivity index (χ4n) is 3.42. The fourth-order valence-corrected chi connectivity index (χ4v) is 3.42. The number of hydrogen-bond acceptors (Lipinski definition) is 3. The van der Waals surface area contributed by atoms with Crippen LogP contribution in [0.4, 0.5) is 5.82 Å². The fraction of sp³-hybridized carbons (Fsp3) is 0.261. The number of para-hydroxylation sites is 1. The van der Waals surface area contributed by atoms with Crippen LogP contribution in [0, 0.1) is 0 Å². The lowest BCUT2D eigenvalue weighted by Crippen LogP contribution is -2.17. The van der Waals surface area contributed by atoms with Gasteiger partial charge in [0.1, 0.15) is 5.82 Å². The second-order valence-corrected chi connectivity index (χ2v) is 8.27. The van der Waals surface area contributed by atoms with E-state index in [4.69, 9.17) is 5.10 Å². The molecule has 0 aliphatic carbocycles. The number of amides is 1. The highest BCUT2D eigenvalue weighted by Gasteiger charge is 2.22. The van der Waals surface area contributed by atoms with E-state index in [9.17, 15) is 4.79 Å². The molecule has 1 amide bonds. The summed E-state index contributed by atoms with van der Waals surface area (Å²) in [6, 6.07) is 15.7. The monoisotopic (exact) mass is 387 g/mol. The highest BCUT2D eigenvalue weighted by atomic mass is 16.1. The van der Waals surface area contributed by atoms with Gasteiger partial charge in [-0.25, -0.2) is 4.98 Å². The van der Waals surface area contributed by atoms with Gasteiger partial charge < -0.3 is 9.88 Å². The van der Waals surface area contributed by atoms with E-state index in [1.54, 1.807) is 10.9 Å². The molecule has 0 atom stereocenters. The molecule has 4 aromatic rings. The third-order valence-corrected chi connectivity index (χ3v) is 4.94. The van der Waals surface area contributed by atoms with Crippen molar-refractivity contribution in [3.05, 3.63) is 72.2 Å². The van der Waals surface area contributed by atoms with Crippen LogP contribution in [-0.2, 0) is 23.7 Å². The lowest BCUT2D eigenvalue weighted by molar-refractivity contribution is -0.115. The van der Waals surface area contributed by atoms with Crippen molar-refractivity contribution in [1.82, 2.24) is 19.3 Å². The van der Waals surface area contributed by atoms with Crippen molar-refractivity contribution in [3.63, 3.8) is 0 Å². The van der Waals surface area contributed by atoms with Gasteiger partial charge in [-0.1, -0.05) is 45.0 Å². The molecule has 1 N–H and O–H groups in total. The van der Waals surface area contributed by atoms with Crippen LogP contribution >= 0.6 is 0 Å². The molecule has 1 aromatic carbocycles. The van der Waals surface area contributed by atoms with Crippen molar-refractivity contribution in [3.8, 4) is 5.82 Å². The molecule has 0 bridgehead atoms. The number of carbonyl (C=O) groups excluding carboxylic acids is 1.